The van der Waals surface area contributed by atoms with Gasteiger partial charge in [0.05, 0.1) is 31.8 Å². The molecule has 4 aromatic rings. The fourth-order valence-electron chi connectivity index (χ4n) is 4.74. The van der Waals surface area contributed by atoms with Crippen molar-refractivity contribution >= 4 is 5.97 Å². The number of nitrogens with zero attached hydrogens (tertiary/aromatic N) is 4. The van der Waals surface area contributed by atoms with Crippen LogP contribution in [0.1, 0.15) is 62.5 Å². The summed E-state index contributed by atoms with van der Waals surface area (Å²) in [5, 5.41) is 13.0. The fraction of sp³-hybridized carbons (Fsp3) is 0.412. The minimum atomic E-state index is -0.761. The van der Waals surface area contributed by atoms with Crippen LogP contribution in [0.4, 0.5) is 0 Å². The van der Waals surface area contributed by atoms with Crippen molar-refractivity contribution in [3.8, 4) is 0 Å². The van der Waals surface area contributed by atoms with Crippen molar-refractivity contribution < 1.29 is 28.5 Å². The Labute approximate surface area is 258 Å². The van der Waals surface area contributed by atoms with E-state index in [1.54, 1.807) is 27.7 Å². The summed E-state index contributed by atoms with van der Waals surface area (Å²) >= 11 is 0. The summed E-state index contributed by atoms with van der Waals surface area (Å²) in [6.07, 6.45) is -3.01. The van der Waals surface area contributed by atoms with Gasteiger partial charge in [0.1, 0.15) is 18.3 Å². The van der Waals surface area contributed by atoms with Crippen molar-refractivity contribution in [1.29, 1.82) is 0 Å². The monoisotopic (exact) mass is 600 g/mol. The number of rotatable bonds is 13. The van der Waals surface area contributed by atoms with Crippen LogP contribution < -0.4 is 0 Å². The van der Waals surface area contributed by atoms with E-state index in [0.29, 0.717) is 25.6 Å². The number of benzene rings is 3. The van der Waals surface area contributed by atoms with E-state index in [1.165, 1.54) is 4.80 Å². The third kappa shape index (κ3) is 8.35. The Kier molecular flexibility index (Phi) is 10.5. The van der Waals surface area contributed by atoms with Crippen molar-refractivity contribution in [2.75, 3.05) is 6.61 Å². The van der Waals surface area contributed by atoms with Crippen LogP contribution in [0.15, 0.2) is 91.0 Å². The number of esters is 1. The first-order valence-electron chi connectivity index (χ1n) is 14.9. The Bertz CT molecular complexity index is 1440. The SMILES string of the molecule is CC(OC(=O)C(C)(C)C)n1nnc([C@@H]2O[C@H](COCc3ccccc3)[C@@H](OCc3ccccc3)[C@H]2OCc2ccccc2)n1. The molecule has 0 N–H and O–H groups in total. The van der Waals surface area contributed by atoms with Gasteiger partial charge in [-0.15, -0.1) is 15.0 Å². The summed E-state index contributed by atoms with van der Waals surface area (Å²) in [6.45, 7) is 8.46. The molecule has 1 aliphatic rings. The van der Waals surface area contributed by atoms with Crippen LogP contribution in [0.2, 0.25) is 0 Å². The first kappa shape index (κ1) is 31.5. The molecule has 1 aromatic heterocycles. The summed E-state index contributed by atoms with van der Waals surface area (Å²) in [6, 6.07) is 29.8. The lowest BCUT2D eigenvalue weighted by Crippen LogP contribution is -2.38. The zero-order valence-electron chi connectivity index (χ0n) is 25.6. The molecule has 0 aliphatic carbocycles. The van der Waals surface area contributed by atoms with Gasteiger partial charge in [-0.1, -0.05) is 91.0 Å². The first-order chi connectivity index (χ1) is 21.3. The Morgan fingerprint density at radius 2 is 1.34 bits per heavy atom. The standard InChI is InChI=1S/C34H40N4O6/c1-24(43-33(39)34(2,3)4)38-36-32(35-37-38)31-30(42-22-27-18-12-7-13-19-27)29(41-21-26-16-10-6-11-17-26)28(44-31)23-40-20-25-14-8-5-9-15-25/h5-19,24,28-31H,20-23H2,1-4H3/t24?,28-,29-,30-,31-/m1/s1. The average molecular weight is 601 g/mol. The molecule has 0 amide bonds. The molecule has 1 saturated heterocycles. The maximum absolute atomic E-state index is 12.5. The zero-order valence-corrected chi connectivity index (χ0v) is 25.6. The van der Waals surface area contributed by atoms with Crippen LogP contribution in [-0.4, -0.2) is 51.1 Å². The van der Waals surface area contributed by atoms with Crippen molar-refractivity contribution in [3.05, 3.63) is 114 Å². The molecule has 0 spiro atoms. The van der Waals surface area contributed by atoms with Crippen molar-refractivity contribution in [3.63, 3.8) is 0 Å². The molecular weight excluding hydrogens is 560 g/mol. The predicted octanol–water partition coefficient (Wildman–Crippen LogP) is 5.61. The van der Waals surface area contributed by atoms with Gasteiger partial charge in [0.15, 0.2) is 6.10 Å². The van der Waals surface area contributed by atoms with Gasteiger partial charge in [-0.05, 0) is 49.6 Å². The smallest absolute Gasteiger partial charge is 0.313 e. The molecule has 10 nitrogen and oxygen atoms in total. The molecule has 0 radical (unpaired) electrons. The highest BCUT2D eigenvalue weighted by atomic mass is 16.6. The summed E-state index contributed by atoms with van der Waals surface area (Å²) in [5.41, 5.74) is 2.43. The summed E-state index contributed by atoms with van der Waals surface area (Å²) in [7, 11) is 0. The molecule has 1 fully saturated rings. The van der Waals surface area contributed by atoms with E-state index in [4.69, 9.17) is 23.7 Å². The van der Waals surface area contributed by atoms with Gasteiger partial charge in [-0.2, -0.15) is 0 Å². The normalized spacial score (nSPS) is 20.8. The number of aromatic nitrogens is 4. The molecule has 10 heteroatoms. The Morgan fingerprint density at radius 3 is 1.89 bits per heavy atom. The number of hydrogen-bond acceptors (Lipinski definition) is 9. The van der Waals surface area contributed by atoms with E-state index >= 15 is 0 Å². The molecule has 1 unspecified atom stereocenters. The van der Waals surface area contributed by atoms with E-state index in [1.807, 2.05) is 91.0 Å². The second-order valence-corrected chi connectivity index (χ2v) is 11.8. The van der Waals surface area contributed by atoms with Crippen LogP contribution in [0.25, 0.3) is 0 Å². The minimum Gasteiger partial charge on any atom is -0.438 e. The third-order valence-electron chi connectivity index (χ3n) is 7.19. The van der Waals surface area contributed by atoms with Gasteiger partial charge < -0.3 is 23.7 Å². The summed E-state index contributed by atoms with van der Waals surface area (Å²) < 4.78 is 31.3. The van der Waals surface area contributed by atoms with E-state index in [9.17, 15) is 4.79 Å². The van der Waals surface area contributed by atoms with Gasteiger partial charge in [0.2, 0.25) is 12.1 Å². The fourth-order valence-corrected chi connectivity index (χ4v) is 4.74. The topological polar surface area (TPSA) is 107 Å². The molecule has 0 bridgehead atoms. The molecule has 1 aliphatic heterocycles. The molecule has 2 heterocycles. The molecule has 5 atom stereocenters. The lowest BCUT2D eigenvalue weighted by atomic mass is 9.97. The highest BCUT2D eigenvalue weighted by Gasteiger charge is 2.49. The number of tetrazole rings is 1. The van der Waals surface area contributed by atoms with Crippen molar-refractivity contribution in [2.24, 2.45) is 5.41 Å². The van der Waals surface area contributed by atoms with Crippen LogP contribution in [-0.2, 0) is 48.3 Å². The summed E-state index contributed by atoms with van der Waals surface area (Å²) in [5.74, 6) is -0.0596. The lowest BCUT2D eigenvalue weighted by Gasteiger charge is -2.24. The van der Waals surface area contributed by atoms with Gasteiger partial charge in [-0.3, -0.25) is 4.79 Å². The van der Waals surface area contributed by atoms with Crippen molar-refractivity contribution in [2.45, 2.75) is 78.2 Å². The Morgan fingerprint density at radius 1 is 0.818 bits per heavy atom. The minimum absolute atomic E-state index is 0.268. The van der Waals surface area contributed by atoms with Gasteiger partial charge in [-0.25, -0.2) is 0 Å². The maximum Gasteiger partial charge on any atom is 0.313 e. The maximum atomic E-state index is 12.5. The Balaban J connectivity index is 1.38. The molecule has 232 valence electrons. The second kappa shape index (κ2) is 14.7. The van der Waals surface area contributed by atoms with Crippen LogP contribution in [0, 0.1) is 5.41 Å². The van der Waals surface area contributed by atoms with Crippen LogP contribution in [0.3, 0.4) is 0 Å². The predicted molar refractivity (Wildman–Crippen MR) is 162 cm³/mol. The first-order valence-corrected chi connectivity index (χ1v) is 14.9. The van der Waals surface area contributed by atoms with E-state index in [2.05, 4.69) is 15.4 Å². The van der Waals surface area contributed by atoms with E-state index < -0.39 is 36.1 Å². The zero-order chi connectivity index (χ0) is 30.9. The quantitative estimate of drug-likeness (QED) is 0.181. The number of ether oxygens (including phenoxy) is 5. The highest BCUT2D eigenvalue weighted by Crippen LogP contribution is 2.37. The molecule has 0 saturated carbocycles. The lowest BCUT2D eigenvalue weighted by molar-refractivity contribution is -0.163. The molecule has 44 heavy (non-hydrogen) atoms. The van der Waals surface area contributed by atoms with E-state index in [-0.39, 0.29) is 12.6 Å². The largest absolute Gasteiger partial charge is 0.438 e. The number of carbonyl (C=O) groups excluding carboxylic acids is 1. The molecule has 5 rings (SSSR count). The summed E-state index contributed by atoms with van der Waals surface area (Å²) in [4.78, 5) is 13.7. The van der Waals surface area contributed by atoms with Crippen molar-refractivity contribution in [1.82, 2.24) is 20.2 Å². The van der Waals surface area contributed by atoms with E-state index in [0.717, 1.165) is 16.7 Å². The number of hydrogen-bond donors (Lipinski definition) is 0. The van der Waals surface area contributed by atoms with Gasteiger partial charge in [0.25, 0.3) is 0 Å². The van der Waals surface area contributed by atoms with Gasteiger partial charge in [0, 0.05) is 0 Å². The second-order valence-electron chi connectivity index (χ2n) is 11.8. The molecular formula is C34H40N4O6. The van der Waals surface area contributed by atoms with Gasteiger partial charge >= 0.3 is 5.97 Å². The van der Waals surface area contributed by atoms with Crippen LogP contribution >= 0.6 is 0 Å². The van der Waals surface area contributed by atoms with Crippen LogP contribution in [0.5, 0.6) is 0 Å². The number of carbonyl (C=O) groups is 1. The molecule has 3 aromatic carbocycles. The average Bonchev–Trinajstić information content (AvgIpc) is 3.65. The Hall–Kier alpha value is -3.96. The third-order valence-corrected chi connectivity index (χ3v) is 7.19. The highest BCUT2D eigenvalue weighted by molar-refractivity contribution is 5.75.